The quantitative estimate of drug-likeness (QED) is 0.707. The van der Waals surface area contributed by atoms with Gasteiger partial charge in [-0.1, -0.05) is 28.1 Å². The number of para-hydroxylation sites is 2. The van der Waals surface area contributed by atoms with Crippen LogP contribution in [0.3, 0.4) is 0 Å². The second-order valence-electron chi connectivity index (χ2n) is 4.04. The highest BCUT2D eigenvalue weighted by Gasteiger charge is 2.01. The van der Waals surface area contributed by atoms with E-state index in [9.17, 15) is 5.11 Å². The van der Waals surface area contributed by atoms with Crippen LogP contribution in [0.4, 0.5) is 5.95 Å². The minimum absolute atomic E-state index is 0.183. The Labute approximate surface area is 118 Å². The van der Waals surface area contributed by atoms with Crippen LogP contribution in [0.2, 0.25) is 0 Å². The highest BCUT2D eigenvalue weighted by molar-refractivity contribution is 9.10. The molecule has 0 saturated heterocycles. The lowest BCUT2D eigenvalue weighted by Gasteiger charge is -1.98. The highest BCUT2D eigenvalue weighted by Crippen LogP contribution is 2.21. The number of phenols is 1. The molecule has 0 saturated carbocycles. The lowest BCUT2D eigenvalue weighted by molar-refractivity contribution is 0.474. The van der Waals surface area contributed by atoms with Gasteiger partial charge < -0.3 is 10.1 Å². The number of rotatable bonds is 2. The second-order valence-corrected chi connectivity index (χ2v) is 4.95. The second kappa shape index (κ2) is 4.85. The number of halogens is 1. The summed E-state index contributed by atoms with van der Waals surface area (Å²) in [5, 5.41) is 9.71. The minimum Gasteiger partial charge on any atom is -0.507 e. The van der Waals surface area contributed by atoms with Crippen molar-refractivity contribution in [2.45, 2.75) is 0 Å². The number of benzene rings is 2. The maximum atomic E-state index is 9.71. The predicted octanol–water partition coefficient (Wildman–Crippen LogP) is 3.78. The number of phenolic OH excluding ortho intramolecular Hbond substituents is 1. The van der Waals surface area contributed by atoms with Crippen molar-refractivity contribution in [1.82, 2.24) is 9.97 Å². The molecule has 19 heavy (non-hydrogen) atoms. The first-order chi connectivity index (χ1) is 9.22. The van der Waals surface area contributed by atoms with Crippen molar-refractivity contribution in [1.29, 1.82) is 0 Å². The largest absolute Gasteiger partial charge is 0.507 e. The molecule has 1 aromatic heterocycles. The fourth-order valence-electron chi connectivity index (χ4n) is 1.76. The van der Waals surface area contributed by atoms with Gasteiger partial charge in [-0.3, -0.25) is 0 Å². The van der Waals surface area contributed by atoms with Crippen LogP contribution in [-0.4, -0.2) is 21.3 Å². The molecule has 2 N–H and O–H groups in total. The molecule has 0 unspecified atom stereocenters. The Kier molecular flexibility index (Phi) is 3.05. The number of imidazole rings is 1. The van der Waals surface area contributed by atoms with Crippen molar-refractivity contribution >= 4 is 39.1 Å². The Morgan fingerprint density at radius 1 is 1.21 bits per heavy atom. The molecule has 0 spiro atoms. The zero-order chi connectivity index (χ0) is 13.2. The van der Waals surface area contributed by atoms with E-state index in [0.717, 1.165) is 15.5 Å². The first-order valence-electron chi connectivity index (χ1n) is 5.70. The van der Waals surface area contributed by atoms with Crippen LogP contribution in [0.5, 0.6) is 5.75 Å². The lowest BCUT2D eigenvalue weighted by Crippen LogP contribution is -1.82. The molecular formula is C14H10BrN3O. The summed E-state index contributed by atoms with van der Waals surface area (Å²) in [6.07, 6.45) is 1.58. The average Bonchev–Trinajstić information content (AvgIpc) is 2.82. The molecule has 0 bridgehead atoms. The van der Waals surface area contributed by atoms with E-state index >= 15 is 0 Å². The third kappa shape index (κ3) is 2.51. The van der Waals surface area contributed by atoms with E-state index in [1.54, 1.807) is 24.4 Å². The Bertz CT molecular complexity index is 731. The van der Waals surface area contributed by atoms with E-state index in [-0.39, 0.29) is 5.75 Å². The first-order valence-corrected chi connectivity index (χ1v) is 6.49. The van der Waals surface area contributed by atoms with E-state index in [2.05, 4.69) is 30.9 Å². The van der Waals surface area contributed by atoms with E-state index in [0.29, 0.717) is 11.5 Å². The summed E-state index contributed by atoms with van der Waals surface area (Å²) >= 11 is 3.35. The molecule has 3 aromatic rings. The summed E-state index contributed by atoms with van der Waals surface area (Å²) in [6.45, 7) is 0. The average molecular weight is 316 g/mol. The van der Waals surface area contributed by atoms with Gasteiger partial charge in [0.05, 0.1) is 11.0 Å². The van der Waals surface area contributed by atoms with Crippen LogP contribution < -0.4 is 0 Å². The Balaban J connectivity index is 1.95. The van der Waals surface area contributed by atoms with Crippen LogP contribution in [-0.2, 0) is 0 Å². The normalized spacial score (nSPS) is 11.4. The lowest BCUT2D eigenvalue weighted by atomic mass is 10.2. The van der Waals surface area contributed by atoms with Gasteiger partial charge in [0, 0.05) is 16.3 Å². The van der Waals surface area contributed by atoms with Crippen molar-refractivity contribution in [3.05, 3.63) is 52.5 Å². The number of hydrogen-bond donors (Lipinski definition) is 2. The van der Waals surface area contributed by atoms with E-state index in [1.165, 1.54) is 0 Å². The van der Waals surface area contributed by atoms with Crippen molar-refractivity contribution < 1.29 is 5.11 Å². The molecule has 0 aliphatic rings. The summed E-state index contributed by atoms with van der Waals surface area (Å²) in [6, 6.07) is 12.9. The molecular weight excluding hydrogens is 306 g/mol. The monoisotopic (exact) mass is 315 g/mol. The number of H-pyrrole nitrogens is 1. The Hall–Kier alpha value is -2.14. The Morgan fingerprint density at radius 2 is 2.05 bits per heavy atom. The SMILES string of the molecule is Oc1ccc(Br)cc1C=Nc1nc2ccccc2[nH]1. The summed E-state index contributed by atoms with van der Waals surface area (Å²) in [5.74, 6) is 0.698. The molecule has 0 radical (unpaired) electrons. The minimum atomic E-state index is 0.183. The third-order valence-corrected chi connectivity index (χ3v) is 3.19. The van der Waals surface area contributed by atoms with Gasteiger partial charge in [-0.25, -0.2) is 9.98 Å². The predicted molar refractivity (Wildman–Crippen MR) is 79.2 cm³/mol. The van der Waals surface area contributed by atoms with Crippen LogP contribution in [0.25, 0.3) is 11.0 Å². The summed E-state index contributed by atoms with van der Waals surface area (Å²) < 4.78 is 0.886. The van der Waals surface area contributed by atoms with Crippen LogP contribution >= 0.6 is 15.9 Å². The number of fused-ring (bicyclic) bond motifs is 1. The molecule has 3 rings (SSSR count). The van der Waals surface area contributed by atoms with Crippen molar-refractivity contribution in [3.8, 4) is 5.75 Å². The number of aliphatic imine (C=N–C) groups is 1. The number of nitrogens with one attached hydrogen (secondary N) is 1. The van der Waals surface area contributed by atoms with Gasteiger partial charge in [0.15, 0.2) is 0 Å². The van der Waals surface area contributed by atoms with Gasteiger partial charge in [-0.15, -0.1) is 0 Å². The van der Waals surface area contributed by atoms with Gasteiger partial charge in [-0.2, -0.15) is 0 Å². The molecule has 0 aliphatic heterocycles. The van der Waals surface area contributed by atoms with Gasteiger partial charge in [0.2, 0.25) is 5.95 Å². The maximum absolute atomic E-state index is 9.71. The van der Waals surface area contributed by atoms with E-state index < -0.39 is 0 Å². The van der Waals surface area contributed by atoms with Crippen molar-refractivity contribution in [2.75, 3.05) is 0 Å². The zero-order valence-electron chi connectivity index (χ0n) is 9.84. The first kappa shape index (κ1) is 11.9. The van der Waals surface area contributed by atoms with Gasteiger partial charge >= 0.3 is 0 Å². The standard InChI is InChI=1S/C14H10BrN3O/c15-10-5-6-13(19)9(7-10)8-16-14-17-11-3-1-2-4-12(11)18-14/h1-8,19H,(H,17,18). The fraction of sp³-hybridized carbons (Fsp3) is 0. The van der Waals surface area contributed by atoms with Crippen LogP contribution in [0, 0.1) is 0 Å². The van der Waals surface area contributed by atoms with E-state index in [4.69, 9.17) is 0 Å². The highest BCUT2D eigenvalue weighted by atomic mass is 79.9. The molecule has 0 amide bonds. The smallest absolute Gasteiger partial charge is 0.227 e. The molecule has 1 heterocycles. The summed E-state index contributed by atoms with van der Waals surface area (Å²) in [4.78, 5) is 11.7. The van der Waals surface area contributed by atoms with Crippen molar-refractivity contribution in [3.63, 3.8) is 0 Å². The number of aromatic hydroxyl groups is 1. The van der Waals surface area contributed by atoms with Gasteiger partial charge in [-0.05, 0) is 30.3 Å². The summed E-state index contributed by atoms with van der Waals surface area (Å²) in [7, 11) is 0. The summed E-state index contributed by atoms with van der Waals surface area (Å²) in [5.41, 5.74) is 2.44. The number of aromatic nitrogens is 2. The zero-order valence-corrected chi connectivity index (χ0v) is 11.4. The number of aromatic amines is 1. The number of hydrogen-bond acceptors (Lipinski definition) is 3. The molecule has 5 heteroatoms. The maximum Gasteiger partial charge on any atom is 0.227 e. The molecule has 0 atom stereocenters. The van der Waals surface area contributed by atoms with Crippen LogP contribution in [0.15, 0.2) is 51.9 Å². The van der Waals surface area contributed by atoms with Crippen molar-refractivity contribution in [2.24, 2.45) is 4.99 Å². The van der Waals surface area contributed by atoms with Gasteiger partial charge in [0.25, 0.3) is 0 Å². The third-order valence-electron chi connectivity index (χ3n) is 2.69. The van der Waals surface area contributed by atoms with Crippen LogP contribution in [0.1, 0.15) is 5.56 Å². The fourth-order valence-corrected chi connectivity index (χ4v) is 2.14. The molecule has 0 fully saturated rings. The molecule has 2 aromatic carbocycles. The van der Waals surface area contributed by atoms with E-state index in [1.807, 2.05) is 24.3 Å². The Morgan fingerprint density at radius 3 is 2.89 bits per heavy atom. The number of nitrogens with zero attached hydrogens (tertiary/aromatic N) is 2. The molecule has 94 valence electrons. The molecule has 4 nitrogen and oxygen atoms in total. The molecule has 0 aliphatic carbocycles. The topological polar surface area (TPSA) is 61.3 Å². The van der Waals surface area contributed by atoms with Gasteiger partial charge in [0.1, 0.15) is 5.75 Å².